The van der Waals surface area contributed by atoms with Crippen molar-refractivity contribution >= 4 is 17.3 Å². The van der Waals surface area contributed by atoms with Crippen LogP contribution < -0.4 is 20.4 Å². The minimum absolute atomic E-state index is 0.197. The largest absolute Gasteiger partial charge is 0.456 e. The molecule has 2 aliphatic heterocycles. The van der Waals surface area contributed by atoms with Gasteiger partial charge in [0, 0.05) is 74.0 Å². The van der Waals surface area contributed by atoms with Gasteiger partial charge in [-0.1, -0.05) is 30.3 Å². The number of hydrogen-bond acceptors (Lipinski definition) is 5. The zero-order chi connectivity index (χ0) is 21.2. The van der Waals surface area contributed by atoms with Crippen LogP contribution >= 0.6 is 0 Å². The maximum Gasteiger partial charge on any atom is 0.269 e. The Labute approximate surface area is 176 Å². The summed E-state index contributed by atoms with van der Waals surface area (Å²) >= 11 is 0. The standard InChI is InChI=1S/C24H24N4O2/c1-26(2)15-9-11-19-21(13-15)30-22-14-16(27(3)4)10-12-20(22)24(19)18-8-6-5-7-17(18)23(29)28(24)25/h5-14H,25H2,1-4H3. The monoisotopic (exact) mass is 400 g/mol. The van der Waals surface area contributed by atoms with Crippen molar-refractivity contribution in [2.75, 3.05) is 38.0 Å². The van der Waals surface area contributed by atoms with Gasteiger partial charge in [-0.2, -0.15) is 0 Å². The lowest BCUT2D eigenvalue weighted by atomic mass is 9.75. The number of benzene rings is 3. The molecule has 2 aliphatic rings. The molecule has 2 heterocycles. The summed E-state index contributed by atoms with van der Waals surface area (Å²) in [6, 6.07) is 19.7. The topological polar surface area (TPSA) is 62.0 Å². The molecule has 1 amide bonds. The molecular formula is C24H24N4O2. The molecule has 5 rings (SSSR count). The predicted molar refractivity (Wildman–Crippen MR) is 118 cm³/mol. The third-order valence-electron chi connectivity index (χ3n) is 6.09. The summed E-state index contributed by atoms with van der Waals surface area (Å²) in [5.74, 6) is 7.77. The summed E-state index contributed by atoms with van der Waals surface area (Å²) in [4.78, 5) is 17.2. The Morgan fingerprint density at radius 3 is 1.87 bits per heavy atom. The van der Waals surface area contributed by atoms with Crippen LogP contribution in [0, 0.1) is 0 Å². The molecular weight excluding hydrogens is 376 g/mol. The average molecular weight is 400 g/mol. The lowest BCUT2D eigenvalue weighted by molar-refractivity contribution is 0.0665. The van der Waals surface area contributed by atoms with Crippen LogP contribution in [0.15, 0.2) is 60.7 Å². The molecule has 6 nitrogen and oxygen atoms in total. The Morgan fingerprint density at radius 2 is 1.33 bits per heavy atom. The number of carbonyl (C=O) groups is 1. The first kappa shape index (κ1) is 18.5. The molecule has 0 radical (unpaired) electrons. The van der Waals surface area contributed by atoms with E-state index in [1.165, 1.54) is 5.01 Å². The zero-order valence-corrected chi connectivity index (χ0v) is 17.5. The van der Waals surface area contributed by atoms with Gasteiger partial charge in [0.15, 0.2) is 0 Å². The van der Waals surface area contributed by atoms with Gasteiger partial charge >= 0.3 is 0 Å². The first-order valence-corrected chi connectivity index (χ1v) is 9.86. The maximum atomic E-state index is 13.2. The summed E-state index contributed by atoms with van der Waals surface area (Å²) in [6.45, 7) is 0. The average Bonchev–Trinajstić information content (AvgIpc) is 2.96. The number of carbonyl (C=O) groups excluding carboxylic acids is 1. The Hall–Kier alpha value is -3.51. The maximum absolute atomic E-state index is 13.2. The number of ether oxygens (including phenoxy) is 1. The van der Waals surface area contributed by atoms with Gasteiger partial charge in [0.2, 0.25) is 0 Å². The van der Waals surface area contributed by atoms with Crippen LogP contribution in [0.4, 0.5) is 11.4 Å². The van der Waals surface area contributed by atoms with Gasteiger partial charge in [-0.15, -0.1) is 0 Å². The molecule has 2 N–H and O–H groups in total. The normalized spacial score (nSPS) is 15.4. The third-order valence-corrected chi connectivity index (χ3v) is 6.09. The molecule has 152 valence electrons. The van der Waals surface area contributed by atoms with Crippen molar-refractivity contribution in [1.82, 2.24) is 5.01 Å². The first-order chi connectivity index (χ1) is 14.4. The molecule has 0 aromatic heterocycles. The van der Waals surface area contributed by atoms with Crippen molar-refractivity contribution in [3.8, 4) is 11.5 Å². The lowest BCUT2D eigenvalue weighted by Gasteiger charge is -2.42. The van der Waals surface area contributed by atoms with Gasteiger partial charge < -0.3 is 14.5 Å². The van der Waals surface area contributed by atoms with E-state index in [2.05, 4.69) is 0 Å². The van der Waals surface area contributed by atoms with E-state index in [4.69, 9.17) is 10.6 Å². The van der Waals surface area contributed by atoms with E-state index in [0.29, 0.717) is 17.1 Å². The summed E-state index contributed by atoms with van der Waals surface area (Å²) in [6.07, 6.45) is 0. The summed E-state index contributed by atoms with van der Waals surface area (Å²) in [7, 11) is 7.95. The highest BCUT2D eigenvalue weighted by atomic mass is 16.5. The molecule has 3 aromatic rings. The van der Waals surface area contributed by atoms with Crippen molar-refractivity contribution in [1.29, 1.82) is 0 Å². The van der Waals surface area contributed by atoms with E-state index >= 15 is 0 Å². The SMILES string of the molecule is CN(C)c1ccc2c(c1)Oc1cc(N(C)C)ccc1C21c2ccccc2C(=O)N1N. The van der Waals surface area contributed by atoms with Gasteiger partial charge in [-0.25, -0.2) is 5.84 Å². The van der Waals surface area contributed by atoms with Crippen LogP contribution in [-0.4, -0.2) is 39.1 Å². The number of amides is 1. The van der Waals surface area contributed by atoms with Crippen LogP contribution in [0.5, 0.6) is 11.5 Å². The van der Waals surface area contributed by atoms with Crippen molar-refractivity contribution in [3.05, 3.63) is 82.9 Å². The fourth-order valence-corrected chi connectivity index (χ4v) is 4.56. The number of fused-ring (bicyclic) bond motifs is 6. The number of hydrogen-bond donors (Lipinski definition) is 1. The summed E-state index contributed by atoms with van der Waals surface area (Å²) in [5.41, 5.74) is 4.30. The Bertz CT molecular complexity index is 1130. The molecule has 0 saturated carbocycles. The molecule has 1 spiro atoms. The fraction of sp³-hybridized carbons (Fsp3) is 0.208. The quantitative estimate of drug-likeness (QED) is 0.527. The zero-order valence-electron chi connectivity index (χ0n) is 17.5. The molecule has 0 saturated heterocycles. The molecule has 0 unspecified atom stereocenters. The van der Waals surface area contributed by atoms with Gasteiger partial charge in [0.1, 0.15) is 17.0 Å². The Morgan fingerprint density at radius 1 is 0.800 bits per heavy atom. The summed E-state index contributed by atoms with van der Waals surface area (Å²) < 4.78 is 6.40. The third kappa shape index (κ3) is 2.25. The molecule has 6 heteroatoms. The van der Waals surface area contributed by atoms with Gasteiger partial charge in [0.05, 0.1) is 0 Å². The van der Waals surface area contributed by atoms with E-state index in [1.54, 1.807) is 0 Å². The van der Waals surface area contributed by atoms with Crippen molar-refractivity contribution < 1.29 is 9.53 Å². The summed E-state index contributed by atoms with van der Waals surface area (Å²) in [5, 5.41) is 1.36. The molecule has 3 aromatic carbocycles. The molecule has 0 atom stereocenters. The van der Waals surface area contributed by atoms with E-state index < -0.39 is 5.54 Å². The lowest BCUT2D eigenvalue weighted by Crippen LogP contribution is -2.51. The van der Waals surface area contributed by atoms with Gasteiger partial charge in [0.25, 0.3) is 5.91 Å². The van der Waals surface area contributed by atoms with Gasteiger partial charge in [-0.3, -0.25) is 9.80 Å². The van der Waals surface area contributed by atoms with E-state index in [9.17, 15) is 4.79 Å². The minimum Gasteiger partial charge on any atom is -0.456 e. The van der Waals surface area contributed by atoms with Crippen molar-refractivity contribution in [2.45, 2.75) is 5.54 Å². The second-order valence-corrected chi connectivity index (χ2v) is 8.18. The molecule has 30 heavy (non-hydrogen) atoms. The van der Waals surface area contributed by atoms with Crippen LogP contribution in [0.1, 0.15) is 27.0 Å². The number of nitrogens with two attached hydrogens (primary N) is 1. The van der Waals surface area contributed by atoms with E-state index in [-0.39, 0.29) is 5.91 Å². The minimum atomic E-state index is -0.938. The van der Waals surface area contributed by atoms with E-state index in [1.807, 2.05) is 98.7 Å². The van der Waals surface area contributed by atoms with Crippen LogP contribution in [0.25, 0.3) is 0 Å². The number of anilines is 2. The van der Waals surface area contributed by atoms with Gasteiger partial charge in [-0.05, 0) is 18.2 Å². The highest BCUT2D eigenvalue weighted by Crippen LogP contribution is 2.57. The van der Waals surface area contributed by atoms with Crippen LogP contribution in [0.3, 0.4) is 0 Å². The van der Waals surface area contributed by atoms with E-state index in [0.717, 1.165) is 28.1 Å². The second kappa shape index (κ2) is 6.24. The van der Waals surface area contributed by atoms with Crippen molar-refractivity contribution in [3.63, 3.8) is 0 Å². The van der Waals surface area contributed by atoms with Crippen LogP contribution in [-0.2, 0) is 5.54 Å². The molecule has 0 aliphatic carbocycles. The highest BCUT2D eigenvalue weighted by Gasteiger charge is 2.55. The number of hydrazine groups is 1. The first-order valence-electron chi connectivity index (χ1n) is 9.86. The van der Waals surface area contributed by atoms with Crippen molar-refractivity contribution in [2.24, 2.45) is 5.84 Å². The number of rotatable bonds is 2. The molecule has 0 bridgehead atoms. The predicted octanol–water partition coefficient (Wildman–Crippen LogP) is 3.55. The van der Waals surface area contributed by atoms with Crippen LogP contribution in [0.2, 0.25) is 0 Å². The molecule has 0 fully saturated rings. The Balaban J connectivity index is 1.87. The fourth-order valence-electron chi connectivity index (χ4n) is 4.56. The second-order valence-electron chi connectivity index (χ2n) is 8.18. The highest BCUT2D eigenvalue weighted by molar-refractivity contribution is 6.02. The smallest absolute Gasteiger partial charge is 0.269 e. The number of nitrogens with zero attached hydrogens (tertiary/aromatic N) is 3. The Kier molecular flexibility index (Phi) is 3.85.